The van der Waals surface area contributed by atoms with Crippen molar-refractivity contribution in [2.45, 2.75) is 36.6 Å². The average molecular weight is 388 g/mol. The fourth-order valence-electron chi connectivity index (χ4n) is 2.31. The Morgan fingerprint density at radius 1 is 1.27 bits per heavy atom. The van der Waals surface area contributed by atoms with E-state index in [0.29, 0.717) is 31.4 Å². The standard InChI is InChI=1S/C15H18BrNO4S/c16-11-3-5-13(6-4-11)22(21)7-1-2-14(18)17-12-8-10(9-12)15(19)20/h3-6,10,12H,1-2,7-9H2,(H,17,18)(H,19,20). The molecule has 0 spiro atoms. The fourth-order valence-corrected chi connectivity index (χ4v) is 3.65. The summed E-state index contributed by atoms with van der Waals surface area (Å²) in [6.07, 6.45) is 1.87. The third kappa shape index (κ3) is 4.91. The molecule has 1 amide bonds. The van der Waals surface area contributed by atoms with Crippen molar-refractivity contribution in [3.8, 4) is 0 Å². The molecule has 0 radical (unpaired) electrons. The van der Waals surface area contributed by atoms with Crippen molar-refractivity contribution in [3.05, 3.63) is 28.7 Å². The zero-order valence-corrected chi connectivity index (χ0v) is 14.4. The number of carbonyl (C=O) groups excluding carboxylic acids is 1. The zero-order valence-electron chi connectivity index (χ0n) is 12.0. The molecular formula is C15H18BrNO4S. The van der Waals surface area contributed by atoms with Gasteiger partial charge in [0, 0.05) is 27.6 Å². The van der Waals surface area contributed by atoms with Crippen molar-refractivity contribution in [2.75, 3.05) is 5.75 Å². The van der Waals surface area contributed by atoms with Gasteiger partial charge >= 0.3 is 5.97 Å². The molecule has 0 saturated heterocycles. The molecule has 2 N–H and O–H groups in total. The Labute approximate surface area is 140 Å². The predicted octanol–water partition coefficient (Wildman–Crippen LogP) is 2.32. The highest BCUT2D eigenvalue weighted by atomic mass is 79.9. The van der Waals surface area contributed by atoms with Crippen LogP contribution in [0.2, 0.25) is 0 Å². The second-order valence-electron chi connectivity index (χ2n) is 5.38. The van der Waals surface area contributed by atoms with Gasteiger partial charge in [-0.05, 0) is 43.5 Å². The lowest BCUT2D eigenvalue weighted by Gasteiger charge is -2.32. The number of carboxylic acids is 1. The summed E-state index contributed by atoms with van der Waals surface area (Å²) < 4.78 is 13.0. The average Bonchev–Trinajstić information content (AvgIpc) is 2.42. The van der Waals surface area contributed by atoms with Crippen molar-refractivity contribution in [3.63, 3.8) is 0 Å². The number of rotatable bonds is 7. The van der Waals surface area contributed by atoms with E-state index in [2.05, 4.69) is 21.2 Å². The molecule has 1 aliphatic rings. The van der Waals surface area contributed by atoms with E-state index in [4.69, 9.17) is 5.11 Å². The lowest BCUT2D eigenvalue weighted by atomic mass is 9.80. The molecule has 5 nitrogen and oxygen atoms in total. The Morgan fingerprint density at radius 3 is 2.50 bits per heavy atom. The normalized spacial score (nSPS) is 21.7. The summed E-state index contributed by atoms with van der Waals surface area (Å²) in [7, 11) is -1.10. The first-order valence-electron chi connectivity index (χ1n) is 7.12. The molecule has 0 aromatic heterocycles. The first-order valence-corrected chi connectivity index (χ1v) is 9.23. The highest BCUT2D eigenvalue weighted by molar-refractivity contribution is 9.10. The number of carboxylic acid groups (broad SMARTS) is 1. The second-order valence-corrected chi connectivity index (χ2v) is 7.86. The highest BCUT2D eigenvalue weighted by Gasteiger charge is 2.35. The van der Waals surface area contributed by atoms with Gasteiger partial charge in [0.2, 0.25) is 5.91 Å². The maximum Gasteiger partial charge on any atom is 0.306 e. The molecular weight excluding hydrogens is 370 g/mol. The smallest absolute Gasteiger partial charge is 0.306 e. The first-order chi connectivity index (χ1) is 10.5. The summed E-state index contributed by atoms with van der Waals surface area (Å²) in [5.41, 5.74) is 0. The van der Waals surface area contributed by atoms with E-state index >= 15 is 0 Å². The van der Waals surface area contributed by atoms with Crippen LogP contribution in [-0.2, 0) is 20.4 Å². The number of nitrogens with one attached hydrogen (secondary N) is 1. The van der Waals surface area contributed by atoms with Crippen LogP contribution in [0.5, 0.6) is 0 Å². The summed E-state index contributed by atoms with van der Waals surface area (Å²) in [5, 5.41) is 11.6. The monoisotopic (exact) mass is 387 g/mol. The van der Waals surface area contributed by atoms with Crippen molar-refractivity contribution >= 4 is 38.6 Å². The summed E-state index contributed by atoms with van der Waals surface area (Å²) in [4.78, 5) is 23.1. The molecule has 1 saturated carbocycles. The molecule has 2 rings (SSSR count). The molecule has 1 aromatic carbocycles. The van der Waals surface area contributed by atoms with Crippen LogP contribution in [-0.4, -0.2) is 33.0 Å². The molecule has 1 aliphatic carbocycles. The number of halogens is 1. The predicted molar refractivity (Wildman–Crippen MR) is 86.9 cm³/mol. The number of hydrogen-bond acceptors (Lipinski definition) is 3. The van der Waals surface area contributed by atoms with Crippen LogP contribution >= 0.6 is 15.9 Å². The molecule has 1 unspecified atom stereocenters. The van der Waals surface area contributed by atoms with Gasteiger partial charge in [-0.1, -0.05) is 15.9 Å². The van der Waals surface area contributed by atoms with Crippen molar-refractivity contribution < 1.29 is 18.9 Å². The van der Waals surface area contributed by atoms with Gasteiger partial charge in [0.1, 0.15) is 0 Å². The van der Waals surface area contributed by atoms with Crippen LogP contribution in [0, 0.1) is 5.92 Å². The Kier molecular flexibility index (Phi) is 6.14. The van der Waals surface area contributed by atoms with Gasteiger partial charge in [-0.3, -0.25) is 13.8 Å². The van der Waals surface area contributed by atoms with Crippen LogP contribution in [0.4, 0.5) is 0 Å². The number of amides is 1. The zero-order chi connectivity index (χ0) is 16.1. The Bertz CT molecular complexity index is 569. The van der Waals surface area contributed by atoms with E-state index in [1.807, 2.05) is 12.1 Å². The maximum absolute atomic E-state index is 12.0. The van der Waals surface area contributed by atoms with Gasteiger partial charge in [-0.25, -0.2) is 0 Å². The van der Waals surface area contributed by atoms with E-state index in [1.165, 1.54) is 0 Å². The van der Waals surface area contributed by atoms with Crippen LogP contribution in [0.25, 0.3) is 0 Å². The minimum Gasteiger partial charge on any atom is -0.481 e. The van der Waals surface area contributed by atoms with Gasteiger partial charge in [-0.2, -0.15) is 0 Å². The molecule has 0 aliphatic heterocycles. The minimum atomic E-state index is -1.10. The van der Waals surface area contributed by atoms with Crippen LogP contribution < -0.4 is 5.32 Å². The summed E-state index contributed by atoms with van der Waals surface area (Å²) in [6, 6.07) is 7.28. The second kappa shape index (κ2) is 7.87. The largest absolute Gasteiger partial charge is 0.481 e. The fraction of sp³-hybridized carbons (Fsp3) is 0.467. The maximum atomic E-state index is 12.0. The third-order valence-corrected chi connectivity index (χ3v) is 5.65. The molecule has 120 valence electrons. The minimum absolute atomic E-state index is 0.0226. The molecule has 1 atom stereocenters. The summed E-state index contributed by atoms with van der Waals surface area (Å²) in [5.74, 6) is -0.774. The summed E-state index contributed by atoms with van der Waals surface area (Å²) >= 11 is 3.33. The van der Waals surface area contributed by atoms with Crippen molar-refractivity contribution in [2.24, 2.45) is 5.92 Å². The lowest BCUT2D eigenvalue weighted by molar-refractivity contribution is -0.146. The quantitative estimate of drug-likeness (QED) is 0.751. The number of carbonyl (C=O) groups is 2. The first kappa shape index (κ1) is 17.1. The molecule has 0 bridgehead atoms. The van der Waals surface area contributed by atoms with Crippen LogP contribution in [0.3, 0.4) is 0 Å². The highest BCUT2D eigenvalue weighted by Crippen LogP contribution is 2.27. The Hall–Kier alpha value is -1.21. The van der Waals surface area contributed by atoms with Gasteiger partial charge < -0.3 is 10.4 Å². The molecule has 1 aromatic rings. The van der Waals surface area contributed by atoms with E-state index in [0.717, 1.165) is 9.37 Å². The van der Waals surface area contributed by atoms with Crippen molar-refractivity contribution in [1.29, 1.82) is 0 Å². The lowest BCUT2D eigenvalue weighted by Crippen LogP contribution is -2.46. The van der Waals surface area contributed by atoms with Gasteiger partial charge in [0.25, 0.3) is 0 Å². The van der Waals surface area contributed by atoms with Gasteiger partial charge in [0.15, 0.2) is 0 Å². The van der Waals surface area contributed by atoms with E-state index in [-0.39, 0.29) is 17.9 Å². The SMILES string of the molecule is O=C(CCCS(=O)c1ccc(Br)cc1)NC1CC(C(=O)O)C1. The third-order valence-electron chi connectivity index (χ3n) is 3.66. The molecule has 1 fully saturated rings. The summed E-state index contributed by atoms with van der Waals surface area (Å²) in [6.45, 7) is 0. The van der Waals surface area contributed by atoms with E-state index < -0.39 is 16.8 Å². The topological polar surface area (TPSA) is 83.5 Å². The van der Waals surface area contributed by atoms with Crippen LogP contribution in [0.1, 0.15) is 25.7 Å². The molecule has 7 heteroatoms. The van der Waals surface area contributed by atoms with E-state index in [9.17, 15) is 13.8 Å². The van der Waals surface area contributed by atoms with Crippen LogP contribution in [0.15, 0.2) is 33.6 Å². The van der Waals surface area contributed by atoms with Gasteiger partial charge in [0.05, 0.1) is 16.7 Å². The van der Waals surface area contributed by atoms with Gasteiger partial charge in [-0.15, -0.1) is 0 Å². The number of hydrogen-bond donors (Lipinski definition) is 2. The molecule has 22 heavy (non-hydrogen) atoms. The van der Waals surface area contributed by atoms with Crippen molar-refractivity contribution in [1.82, 2.24) is 5.32 Å². The van der Waals surface area contributed by atoms with E-state index in [1.54, 1.807) is 12.1 Å². The number of benzene rings is 1. The molecule has 0 heterocycles. The Morgan fingerprint density at radius 2 is 1.91 bits per heavy atom. The Balaban J connectivity index is 1.64. The number of aliphatic carboxylic acids is 1.